The van der Waals surface area contributed by atoms with Gasteiger partial charge in [-0.15, -0.1) is 0 Å². The first-order valence-electron chi connectivity index (χ1n) is 7.61. The van der Waals surface area contributed by atoms with E-state index in [9.17, 15) is 23.1 Å². The van der Waals surface area contributed by atoms with Gasteiger partial charge < -0.3 is 9.84 Å². The summed E-state index contributed by atoms with van der Waals surface area (Å²) in [6.45, 7) is 0. The molecule has 0 aliphatic heterocycles. The Labute approximate surface area is 149 Å². The molecule has 0 atom stereocenters. The second-order valence-electron chi connectivity index (χ2n) is 5.78. The second-order valence-corrected chi connectivity index (χ2v) is 6.76. The summed E-state index contributed by atoms with van der Waals surface area (Å²) in [7, 11) is 0. The van der Waals surface area contributed by atoms with Crippen molar-refractivity contribution >= 4 is 17.3 Å². The topological polar surface area (TPSA) is 75.2 Å². The molecule has 1 aliphatic carbocycles. The highest BCUT2D eigenvalue weighted by Crippen LogP contribution is 2.48. The number of halogens is 3. The summed E-state index contributed by atoms with van der Waals surface area (Å²) in [6, 6.07) is 4.49. The Bertz CT molecular complexity index is 1010. The van der Waals surface area contributed by atoms with E-state index in [0.717, 1.165) is 29.0 Å². The van der Waals surface area contributed by atoms with Crippen LogP contribution in [0.5, 0.6) is 10.8 Å². The predicted octanol–water partition coefficient (Wildman–Crippen LogP) is 4.75. The molecule has 26 heavy (non-hydrogen) atoms. The maximum atomic E-state index is 12.9. The molecule has 2 aromatic heterocycles. The standard InChI is InChI=1S/C17H11F3N2O3S/c18-17(19,20)9-2-1-3-10(6-9)25-16-12-11(14(26-16)15(23)24)5-4-8-7-21-22-13(8)12/h1-3,6-7H,4-5H2,(H,21,22)(H,23,24). The summed E-state index contributed by atoms with van der Waals surface area (Å²) in [6.07, 6.45) is -1.69. The second kappa shape index (κ2) is 5.87. The Morgan fingerprint density at radius 3 is 2.85 bits per heavy atom. The number of carboxylic acids is 1. The smallest absolute Gasteiger partial charge is 0.416 e. The summed E-state index contributed by atoms with van der Waals surface area (Å²) in [5.41, 5.74) is 1.91. The molecule has 4 rings (SSSR count). The van der Waals surface area contributed by atoms with Crippen LogP contribution in [0.2, 0.25) is 0 Å². The van der Waals surface area contributed by atoms with E-state index in [1.165, 1.54) is 12.1 Å². The number of aromatic amines is 1. The maximum absolute atomic E-state index is 12.9. The van der Waals surface area contributed by atoms with Gasteiger partial charge in [0.25, 0.3) is 0 Å². The lowest BCUT2D eigenvalue weighted by Crippen LogP contribution is -2.06. The lowest BCUT2D eigenvalue weighted by atomic mass is 9.92. The number of thiophene rings is 1. The lowest BCUT2D eigenvalue weighted by Gasteiger charge is -2.14. The van der Waals surface area contributed by atoms with Crippen LogP contribution >= 0.6 is 11.3 Å². The van der Waals surface area contributed by atoms with E-state index in [-0.39, 0.29) is 15.7 Å². The van der Waals surface area contributed by atoms with Crippen molar-refractivity contribution in [2.75, 3.05) is 0 Å². The van der Waals surface area contributed by atoms with E-state index in [1.54, 1.807) is 6.20 Å². The van der Waals surface area contributed by atoms with E-state index in [4.69, 9.17) is 4.74 Å². The van der Waals surface area contributed by atoms with Crippen molar-refractivity contribution in [2.45, 2.75) is 19.0 Å². The molecule has 0 radical (unpaired) electrons. The fourth-order valence-corrected chi connectivity index (χ4v) is 4.06. The van der Waals surface area contributed by atoms with Gasteiger partial charge in [0.15, 0.2) is 5.06 Å². The SMILES string of the molecule is O=C(O)c1sc(Oc2cccc(C(F)(F)F)c2)c2c1CCc1cn[nH]c1-2. The molecule has 0 saturated carbocycles. The Balaban J connectivity index is 1.80. The number of rotatable bonds is 3. The van der Waals surface area contributed by atoms with Crippen LogP contribution in [0.4, 0.5) is 13.2 Å². The van der Waals surface area contributed by atoms with E-state index < -0.39 is 17.7 Å². The zero-order valence-corrected chi connectivity index (χ0v) is 13.9. The van der Waals surface area contributed by atoms with Crippen LogP contribution in [0.15, 0.2) is 30.5 Å². The molecule has 3 aromatic rings. The van der Waals surface area contributed by atoms with E-state index in [1.807, 2.05) is 0 Å². The van der Waals surface area contributed by atoms with Crippen LogP contribution in [-0.4, -0.2) is 21.3 Å². The molecule has 134 valence electrons. The molecular formula is C17H11F3N2O3S. The van der Waals surface area contributed by atoms with Crippen molar-refractivity contribution in [2.24, 2.45) is 0 Å². The summed E-state index contributed by atoms with van der Waals surface area (Å²) in [5.74, 6) is -1.10. The van der Waals surface area contributed by atoms with Crippen molar-refractivity contribution in [1.82, 2.24) is 10.2 Å². The molecular weight excluding hydrogens is 369 g/mol. The number of aromatic carboxylic acids is 1. The minimum Gasteiger partial charge on any atom is -0.477 e. The summed E-state index contributed by atoms with van der Waals surface area (Å²) < 4.78 is 44.4. The highest BCUT2D eigenvalue weighted by atomic mass is 32.1. The van der Waals surface area contributed by atoms with Gasteiger partial charge in [0, 0.05) is 0 Å². The van der Waals surface area contributed by atoms with Gasteiger partial charge in [0.05, 0.1) is 23.0 Å². The molecule has 0 bridgehead atoms. The average Bonchev–Trinajstić information content (AvgIpc) is 3.18. The third-order valence-corrected chi connectivity index (χ3v) is 5.25. The highest BCUT2D eigenvalue weighted by Gasteiger charge is 2.32. The van der Waals surface area contributed by atoms with Crippen LogP contribution in [0, 0.1) is 0 Å². The average molecular weight is 380 g/mol. The third-order valence-electron chi connectivity index (χ3n) is 4.15. The number of nitrogens with zero attached hydrogens (tertiary/aromatic N) is 1. The van der Waals surface area contributed by atoms with Gasteiger partial charge in [-0.25, -0.2) is 4.79 Å². The van der Waals surface area contributed by atoms with Gasteiger partial charge in [0.2, 0.25) is 0 Å². The number of hydrogen-bond donors (Lipinski definition) is 2. The van der Waals surface area contributed by atoms with Crippen LogP contribution < -0.4 is 4.74 Å². The zero-order valence-electron chi connectivity index (χ0n) is 13.1. The van der Waals surface area contributed by atoms with Crippen molar-refractivity contribution in [3.05, 3.63) is 52.0 Å². The van der Waals surface area contributed by atoms with Crippen molar-refractivity contribution < 1.29 is 27.8 Å². The van der Waals surface area contributed by atoms with Crippen molar-refractivity contribution in [1.29, 1.82) is 0 Å². The number of aryl methyl sites for hydroxylation is 1. The lowest BCUT2D eigenvalue weighted by molar-refractivity contribution is -0.137. The first-order valence-corrected chi connectivity index (χ1v) is 8.43. The van der Waals surface area contributed by atoms with Crippen LogP contribution in [0.3, 0.4) is 0 Å². The van der Waals surface area contributed by atoms with Crippen LogP contribution in [-0.2, 0) is 19.0 Å². The molecule has 0 amide bonds. The number of hydrogen-bond acceptors (Lipinski definition) is 4. The van der Waals surface area contributed by atoms with Gasteiger partial charge in [-0.2, -0.15) is 18.3 Å². The molecule has 0 spiro atoms. The quantitative estimate of drug-likeness (QED) is 0.688. The number of H-pyrrole nitrogens is 1. The summed E-state index contributed by atoms with van der Waals surface area (Å²) in [4.78, 5) is 11.7. The van der Waals surface area contributed by atoms with Gasteiger partial charge >= 0.3 is 12.1 Å². The first-order chi connectivity index (χ1) is 12.3. The van der Waals surface area contributed by atoms with Crippen molar-refractivity contribution in [3.63, 3.8) is 0 Å². The van der Waals surface area contributed by atoms with E-state index in [0.29, 0.717) is 29.7 Å². The van der Waals surface area contributed by atoms with Crippen LogP contribution in [0.1, 0.15) is 26.4 Å². The number of carbonyl (C=O) groups is 1. The Morgan fingerprint density at radius 1 is 1.31 bits per heavy atom. The number of nitrogens with one attached hydrogen (secondary N) is 1. The fraction of sp³-hybridized carbons (Fsp3) is 0.176. The maximum Gasteiger partial charge on any atom is 0.416 e. The predicted molar refractivity (Wildman–Crippen MR) is 87.8 cm³/mol. The molecule has 2 heterocycles. The number of aromatic nitrogens is 2. The number of alkyl halides is 3. The van der Waals surface area contributed by atoms with Gasteiger partial charge in [0.1, 0.15) is 10.6 Å². The number of carboxylic acid groups (broad SMARTS) is 1. The highest BCUT2D eigenvalue weighted by molar-refractivity contribution is 7.16. The molecule has 0 fully saturated rings. The monoisotopic (exact) mass is 380 g/mol. The molecule has 2 N–H and O–H groups in total. The molecule has 1 aliphatic rings. The number of ether oxygens (including phenoxy) is 1. The molecule has 0 unspecified atom stereocenters. The molecule has 1 aromatic carbocycles. The summed E-state index contributed by atoms with van der Waals surface area (Å²) >= 11 is 0.908. The first kappa shape index (κ1) is 16.6. The van der Waals surface area contributed by atoms with Crippen molar-refractivity contribution in [3.8, 4) is 22.1 Å². The van der Waals surface area contributed by atoms with E-state index >= 15 is 0 Å². The summed E-state index contributed by atoms with van der Waals surface area (Å²) in [5, 5.41) is 16.5. The molecule has 9 heteroatoms. The van der Waals surface area contributed by atoms with Gasteiger partial charge in [-0.3, -0.25) is 5.10 Å². The normalized spacial score (nSPS) is 13.2. The van der Waals surface area contributed by atoms with Gasteiger partial charge in [-0.1, -0.05) is 17.4 Å². The Hall–Kier alpha value is -2.81. The largest absolute Gasteiger partial charge is 0.477 e. The van der Waals surface area contributed by atoms with Gasteiger partial charge in [-0.05, 0) is 42.2 Å². The minimum atomic E-state index is -4.49. The minimum absolute atomic E-state index is 0.00699. The van der Waals surface area contributed by atoms with E-state index in [2.05, 4.69) is 10.2 Å². The number of benzene rings is 1. The third kappa shape index (κ3) is 2.74. The molecule has 0 saturated heterocycles. The Morgan fingerprint density at radius 2 is 2.12 bits per heavy atom. The molecule has 5 nitrogen and oxygen atoms in total. The van der Waals surface area contributed by atoms with Crippen LogP contribution in [0.25, 0.3) is 11.3 Å². The fourth-order valence-electron chi connectivity index (χ4n) is 3.00. The number of fused-ring (bicyclic) bond motifs is 3. The Kier molecular flexibility index (Phi) is 3.76. The zero-order chi connectivity index (χ0) is 18.5.